The highest BCUT2D eigenvalue weighted by molar-refractivity contribution is 9.10. The lowest BCUT2D eigenvalue weighted by atomic mass is 10.1. The minimum absolute atomic E-state index is 0.112. The van der Waals surface area contributed by atoms with Gasteiger partial charge in [0.15, 0.2) is 0 Å². The number of fused-ring (bicyclic) bond motifs is 1. The van der Waals surface area contributed by atoms with Crippen molar-refractivity contribution in [2.75, 3.05) is 29.9 Å². The van der Waals surface area contributed by atoms with E-state index in [4.69, 9.17) is 4.74 Å². The number of nitrogens with zero attached hydrogens (tertiary/aromatic N) is 6. The molecule has 1 atom stereocenters. The van der Waals surface area contributed by atoms with Crippen molar-refractivity contribution in [3.8, 4) is 0 Å². The zero-order valence-electron chi connectivity index (χ0n) is 22.5. The molecule has 0 radical (unpaired) electrons. The molecule has 216 valence electrons. The van der Waals surface area contributed by atoms with Crippen molar-refractivity contribution in [3.63, 3.8) is 0 Å². The molecule has 1 fully saturated rings. The first-order chi connectivity index (χ1) is 18.5. The smallest absolute Gasteiger partial charge is 0.416 e. The number of aromatic nitrogens is 4. The number of alkyl halides is 3. The molecule has 2 amide bonds. The standard InChI is InChI=1S/C25H29BrF3N7O4/c1-14-12-33(10-11-34(14)23(39)40-24(3,4)5)19-15(2)35(22-31-21(26)32-36(22)20(19)38)13-18(37)30-17-8-6-16(7-9-17)25(27,28)29/h6-9,14H,10-13H2,1-5H3,(H,30,37)/t14-/m1/s1. The Labute approximate surface area is 236 Å². The summed E-state index contributed by atoms with van der Waals surface area (Å²) in [6.45, 7) is 9.57. The van der Waals surface area contributed by atoms with Crippen molar-refractivity contribution < 1.29 is 27.5 Å². The number of anilines is 2. The summed E-state index contributed by atoms with van der Waals surface area (Å²) in [6, 6.07) is 3.81. The van der Waals surface area contributed by atoms with Gasteiger partial charge in [-0.1, -0.05) is 0 Å². The molecule has 0 aliphatic carbocycles. The van der Waals surface area contributed by atoms with Gasteiger partial charge < -0.3 is 24.4 Å². The van der Waals surface area contributed by atoms with Gasteiger partial charge in [-0.2, -0.15) is 22.7 Å². The van der Waals surface area contributed by atoms with Crippen LogP contribution < -0.4 is 15.8 Å². The Morgan fingerprint density at radius 2 is 1.80 bits per heavy atom. The highest BCUT2D eigenvalue weighted by Gasteiger charge is 2.34. The summed E-state index contributed by atoms with van der Waals surface area (Å²) in [5.74, 6) is -0.428. The molecule has 40 heavy (non-hydrogen) atoms. The van der Waals surface area contributed by atoms with E-state index in [0.29, 0.717) is 31.0 Å². The SMILES string of the molecule is Cc1c(N2CCN(C(=O)OC(C)(C)C)[C@H](C)C2)c(=O)n2nc(Br)nc2n1CC(=O)Nc1ccc(C(F)(F)F)cc1. The van der Waals surface area contributed by atoms with Gasteiger partial charge in [0.1, 0.15) is 17.8 Å². The van der Waals surface area contributed by atoms with Gasteiger partial charge in [-0.05, 0) is 74.8 Å². The van der Waals surface area contributed by atoms with E-state index < -0.39 is 34.9 Å². The van der Waals surface area contributed by atoms with Gasteiger partial charge in [0.05, 0.1) is 5.56 Å². The number of carbonyl (C=O) groups is 2. The molecule has 1 saturated heterocycles. The van der Waals surface area contributed by atoms with E-state index >= 15 is 0 Å². The first-order valence-electron chi connectivity index (χ1n) is 12.4. The largest absolute Gasteiger partial charge is 0.444 e. The van der Waals surface area contributed by atoms with E-state index in [2.05, 4.69) is 31.3 Å². The number of rotatable bonds is 4. The second-order valence-electron chi connectivity index (χ2n) is 10.5. The highest BCUT2D eigenvalue weighted by atomic mass is 79.9. The van der Waals surface area contributed by atoms with Gasteiger partial charge >= 0.3 is 12.3 Å². The number of hydrogen-bond acceptors (Lipinski definition) is 7. The first-order valence-corrected chi connectivity index (χ1v) is 13.2. The van der Waals surface area contributed by atoms with Crippen molar-refractivity contribution >= 4 is 45.1 Å². The molecule has 0 bridgehead atoms. The molecule has 2 aromatic heterocycles. The Kier molecular flexibility index (Phi) is 7.89. The number of nitrogens with one attached hydrogen (secondary N) is 1. The molecule has 0 saturated carbocycles. The topological polar surface area (TPSA) is 114 Å². The van der Waals surface area contributed by atoms with Crippen LogP contribution in [0, 0.1) is 6.92 Å². The quantitative estimate of drug-likeness (QED) is 0.464. The van der Waals surface area contributed by atoms with E-state index in [0.717, 1.165) is 16.6 Å². The van der Waals surface area contributed by atoms with Gasteiger partial charge in [-0.15, -0.1) is 5.10 Å². The summed E-state index contributed by atoms with van der Waals surface area (Å²) >= 11 is 3.18. The lowest BCUT2D eigenvalue weighted by Crippen LogP contribution is -2.56. The van der Waals surface area contributed by atoms with Crippen molar-refractivity contribution in [1.29, 1.82) is 0 Å². The molecular weight excluding hydrogens is 599 g/mol. The van der Waals surface area contributed by atoms with Gasteiger partial charge in [0.25, 0.3) is 5.56 Å². The number of halogens is 4. The average molecular weight is 628 g/mol. The zero-order chi connectivity index (χ0) is 29.6. The van der Waals surface area contributed by atoms with E-state index in [1.807, 2.05) is 11.8 Å². The van der Waals surface area contributed by atoms with Crippen molar-refractivity contribution in [1.82, 2.24) is 24.1 Å². The molecule has 1 aliphatic heterocycles. The van der Waals surface area contributed by atoms with Gasteiger partial charge in [0, 0.05) is 37.1 Å². The lowest BCUT2D eigenvalue weighted by Gasteiger charge is -2.41. The zero-order valence-corrected chi connectivity index (χ0v) is 24.1. The van der Waals surface area contributed by atoms with E-state index in [-0.39, 0.29) is 28.8 Å². The second-order valence-corrected chi connectivity index (χ2v) is 11.2. The number of amides is 2. The van der Waals surface area contributed by atoms with Crippen LogP contribution in [0.25, 0.3) is 5.78 Å². The molecule has 4 rings (SSSR count). The fraction of sp³-hybridized carbons (Fsp3) is 0.480. The van der Waals surface area contributed by atoms with Crippen LogP contribution in [0.2, 0.25) is 0 Å². The predicted octanol–water partition coefficient (Wildman–Crippen LogP) is 4.07. The fourth-order valence-electron chi connectivity index (χ4n) is 4.52. The summed E-state index contributed by atoms with van der Waals surface area (Å²) in [5, 5.41) is 6.72. The van der Waals surface area contributed by atoms with Crippen LogP contribution in [0.15, 0.2) is 33.8 Å². The van der Waals surface area contributed by atoms with Crippen LogP contribution in [0.5, 0.6) is 0 Å². The Hall–Kier alpha value is -3.62. The van der Waals surface area contributed by atoms with Crippen molar-refractivity contribution in [2.45, 2.75) is 59.0 Å². The van der Waals surface area contributed by atoms with Gasteiger partial charge in [-0.3, -0.25) is 9.59 Å². The number of benzene rings is 1. The Morgan fingerprint density at radius 3 is 2.38 bits per heavy atom. The normalized spacial score (nSPS) is 16.4. The van der Waals surface area contributed by atoms with Crippen LogP contribution in [0.4, 0.5) is 29.3 Å². The minimum atomic E-state index is -4.49. The minimum Gasteiger partial charge on any atom is -0.444 e. The van der Waals surface area contributed by atoms with Gasteiger partial charge in [0.2, 0.25) is 16.4 Å². The van der Waals surface area contributed by atoms with Crippen LogP contribution in [-0.2, 0) is 22.3 Å². The summed E-state index contributed by atoms with van der Waals surface area (Å²) < 4.78 is 46.9. The molecule has 11 nitrogen and oxygen atoms in total. The van der Waals surface area contributed by atoms with Crippen molar-refractivity contribution in [2.24, 2.45) is 0 Å². The first kappa shape index (κ1) is 29.4. The van der Waals surface area contributed by atoms with E-state index in [1.54, 1.807) is 32.6 Å². The summed E-state index contributed by atoms with van der Waals surface area (Å²) in [7, 11) is 0. The molecule has 1 N–H and O–H groups in total. The number of piperazine rings is 1. The number of hydrogen-bond donors (Lipinski definition) is 1. The molecule has 3 heterocycles. The molecule has 15 heteroatoms. The van der Waals surface area contributed by atoms with E-state index in [1.165, 1.54) is 16.7 Å². The lowest BCUT2D eigenvalue weighted by molar-refractivity contribution is -0.137. The molecule has 1 aromatic carbocycles. The van der Waals surface area contributed by atoms with Crippen LogP contribution in [0.1, 0.15) is 39.0 Å². The van der Waals surface area contributed by atoms with Gasteiger partial charge in [-0.25, -0.2) is 4.79 Å². The summed E-state index contributed by atoms with van der Waals surface area (Å²) in [4.78, 5) is 46.8. The monoisotopic (exact) mass is 627 g/mol. The van der Waals surface area contributed by atoms with Crippen LogP contribution in [-0.4, -0.2) is 67.3 Å². The predicted molar refractivity (Wildman–Crippen MR) is 144 cm³/mol. The molecule has 1 aliphatic rings. The second kappa shape index (κ2) is 10.7. The van der Waals surface area contributed by atoms with Crippen LogP contribution >= 0.6 is 15.9 Å². The Balaban J connectivity index is 1.61. The molecule has 0 spiro atoms. The fourth-order valence-corrected chi connectivity index (χ4v) is 4.83. The third-order valence-corrected chi connectivity index (χ3v) is 6.65. The third-order valence-electron chi connectivity index (χ3n) is 6.32. The van der Waals surface area contributed by atoms with Crippen LogP contribution in [0.3, 0.4) is 0 Å². The maximum absolute atomic E-state index is 13.5. The molecule has 3 aromatic rings. The molecular formula is C25H29BrF3N7O4. The Morgan fingerprint density at radius 1 is 1.15 bits per heavy atom. The van der Waals surface area contributed by atoms with E-state index in [9.17, 15) is 27.6 Å². The summed E-state index contributed by atoms with van der Waals surface area (Å²) in [6.07, 6.45) is -4.93. The third kappa shape index (κ3) is 6.24. The number of ether oxygens (including phenoxy) is 1. The van der Waals surface area contributed by atoms with Crippen molar-refractivity contribution in [3.05, 3.63) is 50.6 Å². The molecule has 0 unspecified atom stereocenters. The number of carbonyl (C=O) groups excluding carboxylic acids is 2. The maximum Gasteiger partial charge on any atom is 0.416 e. The Bertz CT molecular complexity index is 1500. The maximum atomic E-state index is 13.5. The highest BCUT2D eigenvalue weighted by Crippen LogP contribution is 2.30. The average Bonchev–Trinajstić information content (AvgIpc) is 3.22. The summed E-state index contributed by atoms with van der Waals surface area (Å²) in [5.41, 5.74) is -1.00.